The zero-order valence-electron chi connectivity index (χ0n) is 18.3. The average molecular weight is 497 g/mol. The maximum atomic E-state index is 13.8. The molecule has 1 saturated heterocycles. The van der Waals surface area contributed by atoms with E-state index >= 15 is 0 Å². The summed E-state index contributed by atoms with van der Waals surface area (Å²) in [5.74, 6) is 0. The zero-order valence-corrected chi connectivity index (χ0v) is 18.3. The Hall–Kier alpha value is -2.23. The van der Waals surface area contributed by atoms with Crippen LogP contribution in [0.3, 0.4) is 0 Å². The van der Waals surface area contributed by atoms with Gasteiger partial charge in [-0.25, -0.2) is 0 Å². The fraction of sp³-hybridized carbons (Fsp3) is 0.500. The molecule has 0 aromatic heterocycles. The number of halogens is 9. The van der Waals surface area contributed by atoms with Crippen LogP contribution in [0.1, 0.15) is 78.9 Å². The number of nitrogens with zero attached hydrogens (tertiary/aromatic N) is 1. The van der Waals surface area contributed by atoms with Crippen LogP contribution in [-0.2, 0) is 18.5 Å². The molecule has 0 unspecified atom stereocenters. The molecule has 1 heterocycles. The van der Waals surface area contributed by atoms with E-state index in [1.165, 1.54) is 12.1 Å². The molecule has 2 aromatic carbocycles. The van der Waals surface area contributed by atoms with E-state index in [2.05, 4.69) is 0 Å². The van der Waals surface area contributed by atoms with E-state index < -0.39 is 52.9 Å². The number of hydrogen-bond donors (Lipinski definition) is 0. The van der Waals surface area contributed by atoms with Crippen LogP contribution in [0.25, 0.3) is 0 Å². The van der Waals surface area contributed by atoms with Gasteiger partial charge in [0.25, 0.3) is 0 Å². The third-order valence-electron chi connectivity index (χ3n) is 6.17. The van der Waals surface area contributed by atoms with Gasteiger partial charge in [0.05, 0.1) is 16.7 Å². The minimum atomic E-state index is -4.86. The second-order valence-corrected chi connectivity index (χ2v) is 8.47. The van der Waals surface area contributed by atoms with Crippen LogP contribution in [0, 0.1) is 0 Å². The Labute approximate surface area is 191 Å². The standard InChI is InChI=1S/C24H24F9N/c1-2-5-21(18-14-17(23(28,29)30)11-12-19(18)24(31,32)33)34-13-4-3-6-20(34)15-7-9-16(10-8-15)22(25,26)27/h7-12,14,20-21H,2-6,13H2,1H3/t20-,21-/m1/s1. The number of piperidine rings is 1. The number of benzene rings is 2. The fourth-order valence-corrected chi connectivity index (χ4v) is 4.63. The highest BCUT2D eigenvalue weighted by molar-refractivity contribution is 5.38. The van der Waals surface area contributed by atoms with Crippen LogP contribution in [-0.4, -0.2) is 11.4 Å². The number of rotatable bonds is 5. The summed E-state index contributed by atoms with van der Waals surface area (Å²) >= 11 is 0. The van der Waals surface area contributed by atoms with Gasteiger partial charge in [-0.05, 0) is 67.3 Å². The summed E-state index contributed by atoms with van der Waals surface area (Å²) < 4.78 is 120. The van der Waals surface area contributed by atoms with Gasteiger partial charge >= 0.3 is 18.5 Å². The molecule has 0 N–H and O–H groups in total. The van der Waals surface area contributed by atoms with Crippen molar-refractivity contribution in [2.75, 3.05) is 6.54 Å². The lowest BCUT2D eigenvalue weighted by Crippen LogP contribution is -2.37. The molecule has 1 aliphatic heterocycles. The Kier molecular flexibility index (Phi) is 7.60. The topological polar surface area (TPSA) is 3.24 Å². The first-order valence-electron chi connectivity index (χ1n) is 10.9. The summed E-state index contributed by atoms with van der Waals surface area (Å²) in [6.45, 7) is 2.05. The number of hydrogen-bond acceptors (Lipinski definition) is 1. The van der Waals surface area contributed by atoms with Gasteiger partial charge < -0.3 is 0 Å². The number of likely N-dealkylation sites (tertiary alicyclic amines) is 1. The van der Waals surface area contributed by atoms with Crippen LogP contribution in [0.4, 0.5) is 39.5 Å². The second kappa shape index (κ2) is 9.79. The van der Waals surface area contributed by atoms with Crippen molar-refractivity contribution in [1.82, 2.24) is 4.90 Å². The lowest BCUT2D eigenvalue weighted by Gasteiger charge is -2.42. The van der Waals surface area contributed by atoms with E-state index in [0.29, 0.717) is 56.0 Å². The molecule has 0 saturated carbocycles. The SMILES string of the molecule is CCC[C@H](c1cc(C(F)(F)F)ccc1C(F)(F)F)N1CCCC[C@@H]1c1ccc(C(F)(F)F)cc1. The molecule has 1 aliphatic rings. The van der Waals surface area contributed by atoms with Crippen molar-refractivity contribution in [1.29, 1.82) is 0 Å². The summed E-state index contributed by atoms with van der Waals surface area (Å²) in [6, 6.07) is 4.42. The van der Waals surface area contributed by atoms with Crippen molar-refractivity contribution in [3.63, 3.8) is 0 Å². The molecule has 3 rings (SSSR count). The molecule has 0 aliphatic carbocycles. The van der Waals surface area contributed by atoms with Gasteiger partial charge in [0, 0.05) is 12.1 Å². The van der Waals surface area contributed by atoms with E-state index in [9.17, 15) is 39.5 Å². The van der Waals surface area contributed by atoms with Gasteiger partial charge in [0.1, 0.15) is 0 Å². The highest BCUT2D eigenvalue weighted by Crippen LogP contribution is 2.45. The molecule has 2 aromatic rings. The van der Waals surface area contributed by atoms with Crippen LogP contribution in [0.2, 0.25) is 0 Å². The molecular formula is C24H24F9N. The van der Waals surface area contributed by atoms with Crippen LogP contribution in [0.15, 0.2) is 42.5 Å². The van der Waals surface area contributed by atoms with E-state index in [1.807, 2.05) is 0 Å². The van der Waals surface area contributed by atoms with E-state index in [4.69, 9.17) is 0 Å². The summed E-state index contributed by atoms with van der Waals surface area (Å²) in [7, 11) is 0. The Balaban J connectivity index is 2.09. The third-order valence-corrected chi connectivity index (χ3v) is 6.17. The smallest absolute Gasteiger partial charge is 0.289 e. The first-order chi connectivity index (χ1) is 15.7. The predicted molar refractivity (Wildman–Crippen MR) is 109 cm³/mol. The van der Waals surface area contributed by atoms with Gasteiger partial charge in [0.15, 0.2) is 0 Å². The van der Waals surface area contributed by atoms with E-state index in [-0.39, 0.29) is 6.42 Å². The molecule has 34 heavy (non-hydrogen) atoms. The Bertz CT molecular complexity index is 958. The Morgan fingerprint density at radius 3 is 1.91 bits per heavy atom. The van der Waals surface area contributed by atoms with E-state index in [1.54, 1.807) is 11.8 Å². The Morgan fingerprint density at radius 2 is 1.38 bits per heavy atom. The first kappa shape index (κ1) is 26.4. The van der Waals surface area contributed by atoms with Crippen molar-refractivity contribution in [2.24, 2.45) is 0 Å². The van der Waals surface area contributed by atoms with Gasteiger partial charge in [-0.2, -0.15) is 39.5 Å². The molecule has 0 spiro atoms. The van der Waals surface area contributed by atoms with Crippen LogP contribution < -0.4 is 0 Å². The van der Waals surface area contributed by atoms with Gasteiger partial charge in [-0.3, -0.25) is 4.90 Å². The predicted octanol–water partition coefficient (Wildman–Crippen LogP) is 8.81. The lowest BCUT2D eigenvalue weighted by molar-refractivity contribution is -0.142. The van der Waals surface area contributed by atoms with Crippen molar-refractivity contribution >= 4 is 0 Å². The summed E-state index contributed by atoms with van der Waals surface area (Å²) in [5, 5.41) is 0. The molecule has 0 radical (unpaired) electrons. The average Bonchev–Trinajstić information content (AvgIpc) is 2.75. The van der Waals surface area contributed by atoms with E-state index in [0.717, 1.165) is 12.1 Å². The maximum absolute atomic E-state index is 13.8. The van der Waals surface area contributed by atoms with Crippen molar-refractivity contribution in [2.45, 2.75) is 69.6 Å². The largest absolute Gasteiger partial charge is 0.416 e. The maximum Gasteiger partial charge on any atom is 0.416 e. The van der Waals surface area contributed by atoms with Gasteiger partial charge in [-0.1, -0.05) is 31.9 Å². The summed E-state index contributed by atoms with van der Waals surface area (Å²) in [4.78, 5) is 1.72. The molecule has 1 fully saturated rings. The van der Waals surface area contributed by atoms with Crippen LogP contribution >= 0.6 is 0 Å². The molecular weight excluding hydrogens is 473 g/mol. The lowest BCUT2D eigenvalue weighted by atomic mass is 9.87. The highest BCUT2D eigenvalue weighted by atomic mass is 19.4. The molecule has 10 heteroatoms. The zero-order chi connectivity index (χ0) is 25.3. The molecule has 2 atom stereocenters. The second-order valence-electron chi connectivity index (χ2n) is 8.47. The monoisotopic (exact) mass is 497 g/mol. The van der Waals surface area contributed by atoms with Crippen molar-refractivity contribution in [3.8, 4) is 0 Å². The van der Waals surface area contributed by atoms with Crippen LogP contribution in [0.5, 0.6) is 0 Å². The normalized spacial score (nSPS) is 19.3. The van der Waals surface area contributed by atoms with Gasteiger partial charge in [-0.15, -0.1) is 0 Å². The molecule has 1 nitrogen and oxygen atoms in total. The summed E-state index contributed by atoms with van der Waals surface area (Å²) in [5.41, 5.74) is -3.10. The van der Waals surface area contributed by atoms with Gasteiger partial charge in [0.2, 0.25) is 0 Å². The quantitative estimate of drug-likeness (QED) is 0.373. The molecule has 0 bridgehead atoms. The molecule has 0 amide bonds. The Morgan fingerprint density at radius 1 is 0.794 bits per heavy atom. The highest BCUT2D eigenvalue weighted by Gasteiger charge is 2.41. The fourth-order valence-electron chi connectivity index (χ4n) is 4.63. The van der Waals surface area contributed by atoms with Crippen molar-refractivity contribution < 1.29 is 39.5 Å². The van der Waals surface area contributed by atoms with Crippen molar-refractivity contribution in [3.05, 3.63) is 70.3 Å². The minimum absolute atomic E-state index is 0.168. The molecule has 188 valence electrons. The first-order valence-corrected chi connectivity index (χ1v) is 10.9. The third kappa shape index (κ3) is 5.87. The summed E-state index contributed by atoms with van der Waals surface area (Å²) in [6.07, 6.45) is -11.8. The number of alkyl halides is 9. The minimum Gasteiger partial charge on any atom is -0.289 e.